The van der Waals surface area contributed by atoms with Crippen LogP contribution in [0.4, 0.5) is 0 Å². The van der Waals surface area contributed by atoms with E-state index >= 15 is 0 Å². The van der Waals surface area contributed by atoms with E-state index in [0.29, 0.717) is 17.8 Å². The molecule has 7 rings (SSSR count). The summed E-state index contributed by atoms with van der Waals surface area (Å²) in [6.07, 6.45) is 11.1. The first kappa shape index (κ1) is 35.7. The Labute approximate surface area is 309 Å². The van der Waals surface area contributed by atoms with Crippen molar-refractivity contribution in [2.24, 2.45) is 28.3 Å². The van der Waals surface area contributed by atoms with Crippen LogP contribution in [0.3, 0.4) is 0 Å². The second-order valence-corrected chi connectivity index (χ2v) is 12.9. The van der Waals surface area contributed by atoms with Crippen LogP contribution in [0.5, 0.6) is 0 Å². The van der Waals surface area contributed by atoms with Crippen LogP contribution in [-0.4, -0.2) is 10.7 Å². The third kappa shape index (κ3) is 7.62. The van der Waals surface area contributed by atoms with E-state index in [0.717, 1.165) is 67.3 Å². The first-order chi connectivity index (χ1) is 25.5. The van der Waals surface area contributed by atoms with Gasteiger partial charge in [-0.1, -0.05) is 167 Å². The molecule has 4 nitrogen and oxygen atoms in total. The molecular formula is C48H48N4. The number of hydrogen-bond donors (Lipinski definition) is 3. The summed E-state index contributed by atoms with van der Waals surface area (Å²) in [5, 5.41) is 0. The molecule has 3 heterocycles. The average molecular weight is 681 g/mol. The van der Waals surface area contributed by atoms with Gasteiger partial charge in [-0.3, -0.25) is 4.99 Å². The number of aliphatic imine (C=N–C) groups is 1. The first-order valence-electron chi connectivity index (χ1n) is 18.3. The molecule has 52 heavy (non-hydrogen) atoms. The van der Waals surface area contributed by atoms with Gasteiger partial charge in [0.25, 0.3) is 0 Å². The maximum atomic E-state index is 7.03. The normalized spacial score (nSPS) is 24.3. The quantitative estimate of drug-likeness (QED) is 0.177. The highest BCUT2D eigenvalue weighted by Crippen LogP contribution is 2.42. The molecule has 0 unspecified atom stereocenters. The van der Waals surface area contributed by atoms with Crippen molar-refractivity contribution in [3.63, 3.8) is 0 Å². The molecule has 0 saturated heterocycles. The van der Waals surface area contributed by atoms with E-state index in [9.17, 15) is 0 Å². The molecule has 5 N–H and O–H groups in total. The Hall–Kier alpha value is -6.13. The summed E-state index contributed by atoms with van der Waals surface area (Å²) in [6.45, 7) is 8.53. The molecule has 2 aliphatic rings. The van der Waals surface area contributed by atoms with Gasteiger partial charge in [-0.05, 0) is 58.5 Å². The van der Waals surface area contributed by atoms with Gasteiger partial charge in [0.1, 0.15) is 0 Å². The number of nitrogens with one attached hydrogen (secondary N) is 1. The Kier molecular flexibility index (Phi) is 11.5. The lowest BCUT2D eigenvalue weighted by Gasteiger charge is -2.18. The summed E-state index contributed by atoms with van der Waals surface area (Å²) in [5.74, 6) is 0.253. The van der Waals surface area contributed by atoms with Gasteiger partial charge in [-0.25, -0.2) is 0 Å². The number of fused-ring (bicyclic) bond motifs is 3. The highest BCUT2D eigenvalue weighted by Gasteiger charge is 2.34. The van der Waals surface area contributed by atoms with Gasteiger partial charge in [0, 0.05) is 51.3 Å². The van der Waals surface area contributed by atoms with E-state index < -0.39 is 0 Å². The molecule has 0 amide bonds. The molecule has 0 spiro atoms. The van der Waals surface area contributed by atoms with Crippen LogP contribution in [0.15, 0.2) is 186 Å². The molecular weight excluding hydrogens is 633 g/mol. The van der Waals surface area contributed by atoms with Gasteiger partial charge in [0.05, 0.1) is 11.4 Å². The molecule has 4 heteroatoms. The van der Waals surface area contributed by atoms with Crippen molar-refractivity contribution in [2.45, 2.75) is 34.1 Å². The fraction of sp³-hybridized carbons (Fsp3) is 0.146. The number of allylic oxidation sites excluding steroid dienone is 8. The summed E-state index contributed by atoms with van der Waals surface area (Å²) >= 11 is 0. The highest BCUT2D eigenvalue weighted by atomic mass is 14.9. The third-order valence-electron chi connectivity index (χ3n) is 9.71. The highest BCUT2D eigenvalue weighted by molar-refractivity contribution is 6.27. The van der Waals surface area contributed by atoms with Gasteiger partial charge < -0.3 is 16.5 Å². The van der Waals surface area contributed by atoms with E-state index in [1.165, 1.54) is 0 Å². The molecule has 0 saturated carbocycles. The monoisotopic (exact) mass is 680 g/mol. The summed E-state index contributed by atoms with van der Waals surface area (Å²) in [4.78, 5) is 9.30. The number of rotatable bonds is 4. The van der Waals surface area contributed by atoms with Crippen LogP contribution in [0.1, 0.15) is 67.8 Å². The lowest BCUT2D eigenvalue weighted by atomic mass is 9.84. The molecule has 1 aromatic heterocycles. The van der Waals surface area contributed by atoms with Gasteiger partial charge in [-0.15, -0.1) is 0 Å². The minimum absolute atomic E-state index is 0.123. The molecule has 2 aliphatic heterocycles. The van der Waals surface area contributed by atoms with E-state index in [1.807, 2.05) is 44.2 Å². The van der Waals surface area contributed by atoms with Crippen molar-refractivity contribution in [3.8, 4) is 0 Å². The van der Waals surface area contributed by atoms with Crippen molar-refractivity contribution >= 4 is 28.0 Å². The number of benzene rings is 4. The Morgan fingerprint density at radius 1 is 0.538 bits per heavy atom. The fourth-order valence-corrected chi connectivity index (χ4v) is 6.94. The summed E-state index contributed by atoms with van der Waals surface area (Å²) in [6, 6.07) is 46.0. The van der Waals surface area contributed by atoms with Gasteiger partial charge in [-0.2, -0.15) is 0 Å². The zero-order chi connectivity index (χ0) is 36.5. The first-order valence-corrected chi connectivity index (χ1v) is 18.3. The predicted molar refractivity (Wildman–Crippen MR) is 222 cm³/mol. The van der Waals surface area contributed by atoms with E-state index in [1.54, 1.807) is 0 Å². The second-order valence-electron chi connectivity index (χ2n) is 12.9. The van der Waals surface area contributed by atoms with Crippen molar-refractivity contribution in [2.75, 3.05) is 0 Å². The molecule has 4 aromatic carbocycles. The molecule has 2 atom stereocenters. The molecule has 0 aliphatic carbocycles. The zero-order valence-electron chi connectivity index (χ0n) is 30.6. The Morgan fingerprint density at radius 3 is 1.56 bits per heavy atom. The number of nitrogens with two attached hydrogens (primary N) is 2. The second kappa shape index (κ2) is 16.7. The SMILES string of the molecule is CC.C[C@@H]1/C2=C(\c3ccccc3)c3ccc([nH]3)/C(c3ccccc3)=C(N)/C=C\C/C(c3ccccc3)=C/C=C\C(N)=C(/c3ccccc3)C(=N2)[C@@H]1C. The largest absolute Gasteiger partial charge is 0.398 e. The van der Waals surface area contributed by atoms with Crippen molar-refractivity contribution < 1.29 is 0 Å². The van der Waals surface area contributed by atoms with Crippen molar-refractivity contribution in [1.29, 1.82) is 0 Å². The lowest BCUT2D eigenvalue weighted by Crippen LogP contribution is -2.17. The minimum atomic E-state index is 0.123. The lowest BCUT2D eigenvalue weighted by molar-refractivity contribution is 0.589. The maximum Gasteiger partial charge on any atom is 0.0541 e. The number of hydrogen-bond acceptors (Lipinski definition) is 3. The van der Waals surface area contributed by atoms with Gasteiger partial charge in [0.15, 0.2) is 0 Å². The number of H-pyrrole nitrogens is 1. The molecule has 5 aromatic rings. The summed E-state index contributed by atoms with van der Waals surface area (Å²) < 4.78 is 0. The Balaban J connectivity index is 0.00000228. The number of aromatic nitrogens is 1. The third-order valence-corrected chi connectivity index (χ3v) is 9.71. The molecule has 0 fully saturated rings. The van der Waals surface area contributed by atoms with E-state index in [2.05, 4.69) is 152 Å². The topological polar surface area (TPSA) is 80.2 Å². The van der Waals surface area contributed by atoms with Crippen LogP contribution in [0.2, 0.25) is 0 Å². The minimum Gasteiger partial charge on any atom is -0.398 e. The molecule has 260 valence electrons. The van der Waals surface area contributed by atoms with E-state index in [-0.39, 0.29) is 11.8 Å². The van der Waals surface area contributed by atoms with Crippen LogP contribution in [0.25, 0.3) is 22.3 Å². The average Bonchev–Trinajstić information content (AvgIpc) is 3.77. The van der Waals surface area contributed by atoms with Crippen LogP contribution >= 0.6 is 0 Å². The summed E-state index contributed by atoms with van der Waals surface area (Å²) in [7, 11) is 0. The maximum absolute atomic E-state index is 7.03. The predicted octanol–water partition coefficient (Wildman–Crippen LogP) is 11.2. The Bertz CT molecular complexity index is 2190. The Morgan fingerprint density at radius 2 is 1.00 bits per heavy atom. The standard InChI is InChI=1S/C46H42N4.C2H6/c1-31-32(2)46-44(37-23-13-6-14-24-37)41-30-29-40(49-41)42(35-19-9-4-10-20-35)38(47)27-15-25-34(33-17-7-3-8-18-33)26-16-28-39(48)43(45(31)50-46)36-21-11-5-12-22-36;1-2/h3-24,26-32,49H,25,47-48H2,1-2H3;1-2H3/b27-15-,28-16-,34-26-,42-38-,43-39-,46-44-;/t31-,32+;/m1./s1. The molecule has 4 bridgehead atoms. The molecule has 0 radical (unpaired) electrons. The van der Waals surface area contributed by atoms with Crippen molar-refractivity contribution in [1.82, 2.24) is 4.98 Å². The van der Waals surface area contributed by atoms with Crippen LogP contribution in [-0.2, 0) is 0 Å². The number of nitrogens with zero attached hydrogens (tertiary/aromatic N) is 1. The summed E-state index contributed by atoms with van der Waals surface area (Å²) in [5.41, 5.74) is 27.8. The van der Waals surface area contributed by atoms with Crippen molar-refractivity contribution in [3.05, 3.63) is 215 Å². The van der Waals surface area contributed by atoms with Crippen LogP contribution in [0, 0.1) is 11.8 Å². The zero-order valence-corrected chi connectivity index (χ0v) is 30.6. The van der Waals surface area contributed by atoms with E-state index in [4.69, 9.17) is 16.5 Å². The fourth-order valence-electron chi connectivity index (χ4n) is 6.94. The van der Waals surface area contributed by atoms with Gasteiger partial charge >= 0.3 is 0 Å². The van der Waals surface area contributed by atoms with Gasteiger partial charge in [0.2, 0.25) is 0 Å². The van der Waals surface area contributed by atoms with Crippen LogP contribution < -0.4 is 11.5 Å². The smallest absolute Gasteiger partial charge is 0.0541 e. The number of aromatic amines is 1.